The Morgan fingerprint density at radius 3 is 2.42 bits per heavy atom. The van der Waals surface area contributed by atoms with Crippen molar-refractivity contribution in [2.75, 3.05) is 7.11 Å². The monoisotopic (exact) mass is 639 g/mol. The van der Waals surface area contributed by atoms with Gasteiger partial charge in [0.1, 0.15) is 30.8 Å². The molecule has 0 aromatic heterocycles. The van der Waals surface area contributed by atoms with Gasteiger partial charge in [0.05, 0.1) is 49.1 Å². The lowest BCUT2D eigenvalue weighted by Gasteiger charge is -2.51. The Kier molecular flexibility index (Phi) is 10.3. The summed E-state index contributed by atoms with van der Waals surface area (Å²) >= 11 is 0. The van der Waals surface area contributed by atoms with Crippen molar-refractivity contribution in [1.29, 1.82) is 0 Å². The molecule has 14 heteroatoms. The third-order valence-corrected chi connectivity index (χ3v) is 10.9. The Morgan fingerprint density at radius 1 is 1.07 bits per heavy atom. The number of rotatable bonds is 9. The van der Waals surface area contributed by atoms with Crippen molar-refractivity contribution in [2.24, 2.45) is 16.8 Å². The van der Waals surface area contributed by atoms with E-state index in [1.165, 1.54) is 32.8 Å². The average Bonchev–Trinajstić information content (AvgIpc) is 3.72. The van der Waals surface area contributed by atoms with Gasteiger partial charge in [-0.3, -0.25) is 5.32 Å². The van der Waals surface area contributed by atoms with Crippen LogP contribution in [0, 0.1) is 24.5 Å². The fourth-order valence-electron chi connectivity index (χ4n) is 8.51. The summed E-state index contributed by atoms with van der Waals surface area (Å²) in [6.07, 6.45) is -1.52. The van der Waals surface area contributed by atoms with Gasteiger partial charge in [-0.25, -0.2) is 0 Å². The number of carboxylic acid groups (broad SMARTS) is 1. The van der Waals surface area contributed by atoms with Crippen LogP contribution in [-0.4, -0.2) is 129 Å². The maximum Gasteiger partial charge on any atom is 0.301 e. The highest BCUT2D eigenvalue weighted by Crippen LogP contribution is 2.44. The molecule has 2 saturated heterocycles. The summed E-state index contributed by atoms with van der Waals surface area (Å²) < 4.78 is 28.6. The Labute approximate surface area is 263 Å². The van der Waals surface area contributed by atoms with Gasteiger partial charge in [0, 0.05) is 25.9 Å². The van der Waals surface area contributed by atoms with Crippen molar-refractivity contribution in [3.05, 3.63) is 18.0 Å². The van der Waals surface area contributed by atoms with E-state index in [0.29, 0.717) is 12.5 Å². The zero-order chi connectivity index (χ0) is 31.9. The molecule has 3 saturated carbocycles. The van der Waals surface area contributed by atoms with E-state index >= 15 is 0 Å². The zero-order valence-corrected chi connectivity index (χ0v) is 25.5. The minimum absolute atomic E-state index is 0.101. The molecule has 6 rings (SSSR count). The van der Waals surface area contributed by atoms with Crippen LogP contribution in [0.25, 0.3) is 5.32 Å². The molecule has 0 aromatic carbocycles. The average molecular weight is 640 g/mol. The Morgan fingerprint density at radius 2 is 1.78 bits per heavy atom. The van der Waals surface area contributed by atoms with Crippen molar-refractivity contribution in [3.8, 4) is 0 Å². The molecule has 7 unspecified atom stereocenters. The molecule has 0 bridgehead atoms. The number of hydrogen-bond donors (Lipinski definition) is 5. The summed E-state index contributed by atoms with van der Waals surface area (Å²) in [5, 5.41) is 71.7. The molecule has 0 aromatic rings. The largest absolute Gasteiger partial charge is 0.547 e. The van der Waals surface area contributed by atoms with Crippen molar-refractivity contribution >= 4 is 12.2 Å². The van der Waals surface area contributed by atoms with Gasteiger partial charge in [0.2, 0.25) is 0 Å². The Balaban J connectivity index is 1.11. The number of nitrogens with zero attached hydrogens (tertiary/aromatic N) is 2. The van der Waals surface area contributed by atoms with Crippen LogP contribution in [0.1, 0.15) is 70.6 Å². The lowest BCUT2D eigenvalue weighted by molar-refractivity contribution is -0.379. The van der Waals surface area contributed by atoms with Gasteiger partial charge in [0.15, 0.2) is 30.1 Å². The fourth-order valence-corrected chi connectivity index (χ4v) is 8.51. The number of aliphatic hydroxyl groups excluding tert-OH is 4. The predicted molar refractivity (Wildman–Crippen MR) is 154 cm³/mol. The highest BCUT2D eigenvalue weighted by molar-refractivity contribution is 5.82. The maximum absolute atomic E-state index is 12.1. The van der Waals surface area contributed by atoms with Gasteiger partial charge in [-0.05, 0) is 38.5 Å². The van der Waals surface area contributed by atoms with Gasteiger partial charge in [-0.15, -0.1) is 0 Å². The number of aliphatic carboxylic acids is 1. The Hall–Kier alpha value is -1.56. The lowest BCUT2D eigenvalue weighted by Crippen LogP contribution is -2.71. The van der Waals surface area contributed by atoms with E-state index in [1.54, 1.807) is 0 Å². The van der Waals surface area contributed by atoms with E-state index in [9.17, 15) is 35.4 Å². The van der Waals surface area contributed by atoms with E-state index < -0.39 is 79.0 Å². The standard InChI is InChI=1S/C31H46N2O12/c1-41-26-22(44-30-25(36)27(37)31(40,28(45-30)29(38)39)12-16-13-32-14-33-16)11-21-23(24(26)35)19(34)10-20(43-21)15-6-8-18(9-7-15)42-17-4-2-3-5-17/h13-15,17-28,30,34-37,40H,2-12H2,1H3/p+1/t15?,18?,19?,20?,21?,22?,23?,24?,25-,26?,27+,28-,30+,31+/m1/s1. The second kappa shape index (κ2) is 13.9. The quantitative estimate of drug-likeness (QED) is 0.148. The van der Waals surface area contributed by atoms with E-state index in [4.69, 9.17) is 23.7 Å². The lowest BCUT2D eigenvalue weighted by atomic mass is 9.71. The molecule has 3 heterocycles. The normalized spacial score (nSPS) is 47.4. The molecule has 0 radical (unpaired) electrons. The van der Waals surface area contributed by atoms with Crippen molar-refractivity contribution in [3.63, 3.8) is 0 Å². The second-order valence-electron chi connectivity index (χ2n) is 13.7. The molecule has 45 heavy (non-hydrogen) atoms. The summed E-state index contributed by atoms with van der Waals surface area (Å²) in [6, 6.07) is 0.181. The summed E-state index contributed by atoms with van der Waals surface area (Å²) in [5.74, 6) is -2.13. The molecule has 5 fully saturated rings. The van der Waals surface area contributed by atoms with Crippen LogP contribution in [0.15, 0.2) is 4.99 Å². The SMILES string of the molecule is COC1C(O[C@H]2O[C@H](C(=O)[O-])[C@](O)(C[C+]3C=N[CH+][N-]3)[C@@H](O)[C@H]2O)CC2[OH+]C(C3CCC(OC4CCCC4)CC3)CC(O)C2C1O. The van der Waals surface area contributed by atoms with Crippen molar-refractivity contribution < 1.29 is 59.1 Å². The topological polar surface area (TPSA) is 217 Å². The number of hydrogen-bond acceptors (Lipinski definition) is 12. The van der Waals surface area contributed by atoms with E-state index in [1.807, 2.05) is 0 Å². The van der Waals surface area contributed by atoms with Gasteiger partial charge >= 0.3 is 6.21 Å². The number of aliphatic hydroxyl groups is 7. The van der Waals surface area contributed by atoms with Crippen LogP contribution in [-0.2, 0) is 23.7 Å². The predicted octanol–water partition coefficient (Wildman–Crippen LogP) is -1.26. The molecule has 3 aliphatic carbocycles. The summed E-state index contributed by atoms with van der Waals surface area (Å²) in [6.45, 7) is 1.20. The molecular formula is C31H47N2O12+. The van der Waals surface area contributed by atoms with Gasteiger partial charge in [-0.1, -0.05) is 17.8 Å². The van der Waals surface area contributed by atoms with E-state index in [0.717, 1.165) is 38.5 Å². The first-order valence-electron chi connectivity index (χ1n) is 16.3. The number of carbonyl (C=O) groups is 1. The van der Waals surface area contributed by atoms with Crippen molar-refractivity contribution in [2.45, 2.75) is 150 Å². The fraction of sp³-hybridized carbons (Fsp3) is 0.871. The summed E-state index contributed by atoms with van der Waals surface area (Å²) in [7, 11) is 1.38. The van der Waals surface area contributed by atoms with Gasteiger partial charge < -0.3 is 59.1 Å². The molecule has 6 N–H and O–H groups in total. The molecule has 252 valence electrons. The van der Waals surface area contributed by atoms with Gasteiger partial charge in [-0.2, -0.15) is 0 Å². The molecule has 0 spiro atoms. The van der Waals surface area contributed by atoms with E-state index in [2.05, 4.69) is 10.3 Å². The van der Waals surface area contributed by atoms with Crippen LogP contribution in [0.3, 0.4) is 0 Å². The maximum atomic E-state index is 12.1. The second-order valence-corrected chi connectivity index (χ2v) is 13.7. The molecular weight excluding hydrogens is 592 g/mol. The Bertz CT molecular complexity index is 1040. The molecule has 3 aliphatic heterocycles. The first kappa shape index (κ1) is 33.3. The third-order valence-electron chi connectivity index (χ3n) is 10.9. The molecule has 0 amide bonds. The number of ether oxygens (including phenoxy) is 5. The van der Waals surface area contributed by atoms with Crippen LogP contribution in [0.2, 0.25) is 0 Å². The smallest absolute Gasteiger partial charge is 0.301 e. The number of carbonyl (C=O) groups excluding carboxylic acids is 1. The zero-order valence-electron chi connectivity index (χ0n) is 25.5. The summed E-state index contributed by atoms with van der Waals surface area (Å²) in [5.41, 5.74) is -2.49. The first-order chi connectivity index (χ1) is 21.6. The number of carboxylic acids is 1. The summed E-state index contributed by atoms with van der Waals surface area (Å²) in [4.78, 5) is 15.9. The van der Waals surface area contributed by atoms with E-state index in [-0.39, 0.29) is 30.6 Å². The van der Waals surface area contributed by atoms with Crippen LogP contribution < -0.4 is 5.11 Å². The number of fused-ring (bicyclic) bond motifs is 1. The van der Waals surface area contributed by atoms with Crippen LogP contribution >= 0.6 is 0 Å². The minimum atomic E-state index is -2.49. The highest BCUT2D eigenvalue weighted by atomic mass is 16.7. The minimum Gasteiger partial charge on any atom is -0.547 e. The van der Waals surface area contributed by atoms with Crippen molar-refractivity contribution in [1.82, 2.24) is 0 Å². The van der Waals surface area contributed by atoms with Gasteiger partial charge in [0.25, 0.3) is 0 Å². The molecule has 6 aliphatic rings. The number of methoxy groups -OCH3 is 1. The molecule has 12 atom stereocenters. The van der Waals surface area contributed by atoms with Crippen LogP contribution in [0.4, 0.5) is 0 Å². The third kappa shape index (κ3) is 6.74. The van der Waals surface area contributed by atoms with Crippen LogP contribution in [0.5, 0.6) is 0 Å². The highest BCUT2D eigenvalue weighted by Gasteiger charge is 2.61. The first-order valence-corrected chi connectivity index (χ1v) is 16.3. The molecule has 14 nitrogen and oxygen atoms in total. The number of aliphatic imine (C=N–C) groups is 1.